The van der Waals surface area contributed by atoms with Gasteiger partial charge in [0.1, 0.15) is 27.6 Å². The Morgan fingerprint density at radius 3 is 2.33 bits per heavy atom. The fourth-order valence-corrected chi connectivity index (χ4v) is 6.84. The number of thiocarbonyl (C=S) groups is 1. The number of rotatable bonds is 9. The van der Waals surface area contributed by atoms with Gasteiger partial charge >= 0.3 is 0 Å². The molecule has 3 heterocycles. The van der Waals surface area contributed by atoms with Crippen LogP contribution in [0.5, 0.6) is 0 Å². The number of hydrogen-bond donors (Lipinski definition) is 0. The van der Waals surface area contributed by atoms with Crippen LogP contribution in [0.3, 0.4) is 0 Å². The Morgan fingerprint density at radius 1 is 1.00 bits per heavy atom. The first-order valence-corrected chi connectivity index (χ1v) is 15.8. The zero-order valence-corrected chi connectivity index (χ0v) is 26.0. The zero-order chi connectivity index (χ0) is 30.5. The molecule has 0 unspecified atom stereocenters. The summed E-state index contributed by atoms with van der Waals surface area (Å²) in [6.45, 7) is 7.37. The van der Waals surface area contributed by atoms with E-state index in [1.165, 1.54) is 23.9 Å². The van der Waals surface area contributed by atoms with Crippen LogP contribution in [0.25, 0.3) is 6.08 Å². The van der Waals surface area contributed by atoms with Crippen molar-refractivity contribution in [3.8, 4) is 6.07 Å². The van der Waals surface area contributed by atoms with Crippen LogP contribution in [0, 0.1) is 24.1 Å². The fourth-order valence-electron chi connectivity index (χ4n) is 5.55. The molecule has 43 heavy (non-hydrogen) atoms. The number of amides is 1. The fraction of sp³-hybridized carbons (Fsp3) is 0.333. The number of nitrogens with zero attached hydrogens (tertiary/aromatic N) is 5. The molecule has 2 aliphatic heterocycles. The summed E-state index contributed by atoms with van der Waals surface area (Å²) in [5.41, 5.74) is 3.12. The lowest BCUT2D eigenvalue weighted by Crippen LogP contribution is -2.48. The maximum Gasteiger partial charge on any atom is 0.270 e. The van der Waals surface area contributed by atoms with Gasteiger partial charge in [0.25, 0.3) is 11.5 Å². The number of pyridine rings is 1. The molecule has 222 valence electrons. The lowest BCUT2D eigenvalue weighted by molar-refractivity contribution is -0.122. The van der Waals surface area contributed by atoms with Gasteiger partial charge in [0.2, 0.25) is 0 Å². The average Bonchev–Trinajstić information content (AvgIpc) is 3.29. The molecule has 0 bridgehead atoms. The molecule has 2 aromatic carbocycles. The zero-order valence-electron chi connectivity index (χ0n) is 24.4. The van der Waals surface area contributed by atoms with Gasteiger partial charge in [-0.1, -0.05) is 67.7 Å². The molecule has 0 spiro atoms. The summed E-state index contributed by atoms with van der Waals surface area (Å²) in [6.07, 6.45) is 4.16. The minimum absolute atomic E-state index is 0.0932. The number of benzene rings is 2. The van der Waals surface area contributed by atoms with E-state index in [1.807, 2.05) is 36.4 Å². The molecule has 1 amide bonds. The van der Waals surface area contributed by atoms with E-state index in [-0.39, 0.29) is 22.8 Å². The predicted molar refractivity (Wildman–Crippen MR) is 176 cm³/mol. The van der Waals surface area contributed by atoms with E-state index >= 15 is 0 Å². The van der Waals surface area contributed by atoms with Gasteiger partial charge in [-0.25, -0.2) is 4.39 Å². The molecule has 0 atom stereocenters. The van der Waals surface area contributed by atoms with Crippen LogP contribution in [0.15, 0.2) is 64.3 Å². The summed E-state index contributed by atoms with van der Waals surface area (Å²) in [4.78, 5) is 33.7. The highest BCUT2D eigenvalue weighted by Crippen LogP contribution is 2.36. The highest BCUT2D eigenvalue weighted by Gasteiger charge is 2.33. The van der Waals surface area contributed by atoms with E-state index in [4.69, 9.17) is 12.2 Å². The number of unbranched alkanes of at least 4 members (excludes halogenated alkanes) is 1. The van der Waals surface area contributed by atoms with Crippen molar-refractivity contribution < 1.29 is 9.18 Å². The van der Waals surface area contributed by atoms with Gasteiger partial charge in [-0.05, 0) is 61.2 Å². The first-order chi connectivity index (χ1) is 20.8. The van der Waals surface area contributed by atoms with Crippen LogP contribution in [-0.2, 0) is 17.8 Å². The second-order valence-electron chi connectivity index (χ2n) is 10.7. The second kappa shape index (κ2) is 13.6. The molecule has 2 saturated heterocycles. The van der Waals surface area contributed by atoms with E-state index < -0.39 is 0 Å². The number of hydrogen-bond acceptors (Lipinski definition) is 7. The van der Waals surface area contributed by atoms with Crippen molar-refractivity contribution in [1.82, 2.24) is 9.47 Å². The summed E-state index contributed by atoms with van der Waals surface area (Å²) in [7, 11) is 0. The Labute approximate surface area is 261 Å². The predicted octanol–water partition coefficient (Wildman–Crippen LogP) is 5.74. The molecule has 7 nitrogen and oxygen atoms in total. The number of halogens is 1. The van der Waals surface area contributed by atoms with Gasteiger partial charge in [0.05, 0.1) is 4.91 Å². The van der Waals surface area contributed by atoms with Gasteiger partial charge < -0.3 is 9.80 Å². The molecule has 1 aromatic heterocycles. The summed E-state index contributed by atoms with van der Waals surface area (Å²) in [5.74, 6) is 0.288. The summed E-state index contributed by atoms with van der Waals surface area (Å²) < 4.78 is 15.7. The van der Waals surface area contributed by atoms with Crippen molar-refractivity contribution in [2.24, 2.45) is 0 Å². The Bertz CT molecular complexity index is 1640. The number of thioether (sulfide) groups is 1. The van der Waals surface area contributed by atoms with Gasteiger partial charge in [0, 0.05) is 50.5 Å². The van der Waals surface area contributed by atoms with E-state index in [1.54, 1.807) is 28.5 Å². The molecule has 0 radical (unpaired) electrons. The van der Waals surface area contributed by atoms with Crippen LogP contribution in [0.4, 0.5) is 15.9 Å². The minimum atomic E-state index is -0.308. The lowest BCUT2D eigenvalue weighted by Gasteiger charge is -2.39. The van der Waals surface area contributed by atoms with Crippen LogP contribution < -0.4 is 15.4 Å². The molecule has 2 aliphatic rings. The summed E-state index contributed by atoms with van der Waals surface area (Å²) in [5, 5.41) is 10.00. The minimum Gasteiger partial charge on any atom is -0.368 e. The largest absolute Gasteiger partial charge is 0.368 e. The van der Waals surface area contributed by atoms with Gasteiger partial charge in [-0.2, -0.15) is 5.26 Å². The number of anilines is 2. The highest BCUT2D eigenvalue weighted by atomic mass is 32.2. The van der Waals surface area contributed by atoms with Gasteiger partial charge in [0.15, 0.2) is 0 Å². The third-order valence-corrected chi connectivity index (χ3v) is 9.35. The SMILES string of the molecule is CCCCn1c(N2CCN(c3ccc(F)cc3)CC2)c(C=C2SC(=S)N(CCc3ccccc3)C2=O)c(C)c(C#N)c1=O. The first-order valence-electron chi connectivity index (χ1n) is 14.5. The normalized spacial score (nSPS) is 16.3. The molecular weight excluding hydrogens is 582 g/mol. The summed E-state index contributed by atoms with van der Waals surface area (Å²) >= 11 is 6.87. The molecule has 0 aliphatic carbocycles. The van der Waals surface area contributed by atoms with Gasteiger partial charge in [-0.15, -0.1) is 0 Å². The third kappa shape index (κ3) is 6.53. The maximum absolute atomic E-state index is 13.6. The first kappa shape index (κ1) is 30.5. The van der Waals surface area contributed by atoms with Crippen LogP contribution in [0.2, 0.25) is 0 Å². The Balaban J connectivity index is 1.50. The molecule has 3 aromatic rings. The number of nitriles is 1. The van der Waals surface area contributed by atoms with Crippen molar-refractivity contribution in [3.63, 3.8) is 0 Å². The van der Waals surface area contributed by atoms with Crippen molar-refractivity contribution in [3.05, 3.63) is 97.9 Å². The van der Waals surface area contributed by atoms with Crippen LogP contribution in [0.1, 0.15) is 42.0 Å². The van der Waals surface area contributed by atoms with E-state index in [0.29, 0.717) is 66.0 Å². The Morgan fingerprint density at radius 2 is 1.67 bits per heavy atom. The number of carbonyl (C=O) groups is 1. The topological polar surface area (TPSA) is 72.6 Å². The number of piperazine rings is 1. The van der Waals surface area contributed by atoms with Crippen molar-refractivity contribution >= 4 is 51.8 Å². The van der Waals surface area contributed by atoms with E-state index in [9.17, 15) is 19.2 Å². The van der Waals surface area contributed by atoms with Crippen molar-refractivity contribution in [1.29, 1.82) is 5.26 Å². The smallest absolute Gasteiger partial charge is 0.270 e. The molecule has 0 saturated carbocycles. The van der Waals surface area contributed by atoms with E-state index in [2.05, 4.69) is 22.8 Å². The molecular formula is C33H34FN5O2S2. The summed E-state index contributed by atoms with van der Waals surface area (Å²) in [6, 6.07) is 18.6. The number of carbonyl (C=O) groups excluding carboxylic acids is 1. The van der Waals surface area contributed by atoms with Gasteiger partial charge in [-0.3, -0.25) is 19.1 Å². The maximum atomic E-state index is 13.6. The van der Waals surface area contributed by atoms with Crippen LogP contribution >= 0.6 is 24.0 Å². The van der Waals surface area contributed by atoms with Crippen molar-refractivity contribution in [2.45, 2.75) is 39.7 Å². The molecule has 0 N–H and O–H groups in total. The third-order valence-electron chi connectivity index (χ3n) is 7.97. The quantitative estimate of drug-likeness (QED) is 0.225. The average molecular weight is 616 g/mol. The lowest BCUT2D eigenvalue weighted by atomic mass is 10.0. The second-order valence-corrected chi connectivity index (χ2v) is 12.4. The van der Waals surface area contributed by atoms with Crippen LogP contribution in [-0.4, -0.2) is 52.4 Å². The monoisotopic (exact) mass is 615 g/mol. The molecule has 5 rings (SSSR count). The number of aromatic nitrogens is 1. The standard InChI is InChI=1S/C33H34FN5O2S2/c1-3-4-15-38-30(37-19-17-36(18-20-37)26-12-10-25(34)11-13-26)27(23(2)28(22-35)31(38)40)21-29-32(41)39(33(42)43-29)16-14-24-8-6-5-7-9-24/h5-13,21H,3-4,14-20H2,1-2H3. The highest BCUT2D eigenvalue weighted by molar-refractivity contribution is 8.26. The van der Waals surface area contributed by atoms with E-state index in [0.717, 1.165) is 29.9 Å². The molecule has 10 heteroatoms. The Hall–Kier alpha value is -3.94. The van der Waals surface area contributed by atoms with Crippen molar-refractivity contribution in [2.75, 3.05) is 42.5 Å². The molecule has 2 fully saturated rings. The Kier molecular flexibility index (Phi) is 9.63.